The minimum atomic E-state index is -1.31. The van der Waals surface area contributed by atoms with Crippen LogP contribution < -0.4 is 32.3 Å². The molecule has 6 unspecified atom stereocenters. The van der Waals surface area contributed by atoms with Gasteiger partial charge in [0.1, 0.15) is 6.04 Å². The maximum absolute atomic E-state index is 13.9. The zero-order chi connectivity index (χ0) is 42.1. The first-order valence-corrected chi connectivity index (χ1v) is 20.9. The number of benzene rings is 3. The molecule has 312 valence electrons. The third-order valence-electron chi connectivity index (χ3n) is 11.1. The molecule has 3 aromatic rings. The molecule has 6 rings (SSSR count). The van der Waals surface area contributed by atoms with Gasteiger partial charge in [-0.25, -0.2) is 0 Å². The van der Waals surface area contributed by atoms with Crippen LogP contribution in [0.1, 0.15) is 85.1 Å². The topological polar surface area (TPSA) is 195 Å². The average Bonchev–Trinajstić information content (AvgIpc) is 3.91. The van der Waals surface area contributed by atoms with Gasteiger partial charge in [0, 0.05) is 57.4 Å². The molecular weight excluding hydrogens is 768 g/mol. The van der Waals surface area contributed by atoms with Crippen molar-refractivity contribution in [3.05, 3.63) is 124 Å². The van der Waals surface area contributed by atoms with Crippen LogP contribution in [0.3, 0.4) is 0 Å². The molecule has 0 spiro atoms. The number of halogens is 1. The molecule has 9 N–H and O–H groups in total. The predicted molar refractivity (Wildman–Crippen MR) is 232 cm³/mol. The molecule has 0 saturated heterocycles. The number of allylic oxidation sites excluding steroid dienone is 5. The number of aliphatic hydroxyl groups excluding tert-OH is 2. The summed E-state index contributed by atoms with van der Waals surface area (Å²) >= 11 is 6.04. The highest BCUT2D eigenvalue weighted by Gasteiger charge is 2.38. The summed E-state index contributed by atoms with van der Waals surface area (Å²) in [6, 6.07) is 16.5. The van der Waals surface area contributed by atoms with Crippen molar-refractivity contribution in [3.8, 4) is 0 Å². The summed E-state index contributed by atoms with van der Waals surface area (Å²) in [5.41, 5.74) is 11.0. The summed E-state index contributed by atoms with van der Waals surface area (Å²) in [5.74, 6) is -2.28. The second-order valence-corrected chi connectivity index (χ2v) is 16.4. The van der Waals surface area contributed by atoms with Crippen molar-refractivity contribution in [1.82, 2.24) is 10.6 Å². The molecule has 12 nitrogen and oxygen atoms in total. The fourth-order valence-corrected chi connectivity index (χ4v) is 8.03. The van der Waals surface area contributed by atoms with Crippen molar-refractivity contribution in [2.24, 2.45) is 23.5 Å². The molecule has 2 fully saturated rings. The lowest BCUT2D eigenvalue weighted by Crippen LogP contribution is -2.53. The number of amides is 4. The lowest BCUT2D eigenvalue weighted by atomic mass is 9.77. The molecule has 0 bridgehead atoms. The van der Waals surface area contributed by atoms with Crippen LogP contribution in [0.2, 0.25) is 5.02 Å². The Morgan fingerprint density at radius 3 is 1.95 bits per heavy atom. The molecule has 3 aliphatic rings. The Hall–Kier alpha value is -5.27. The van der Waals surface area contributed by atoms with Crippen molar-refractivity contribution < 1.29 is 29.4 Å². The molecule has 0 radical (unpaired) electrons. The Morgan fingerprint density at radius 2 is 1.41 bits per heavy atom. The third-order valence-corrected chi connectivity index (χ3v) is 11.3. The number of anilines is 3. The Kier molecular flexibility index (Phi) is 14.8. The van der Waals surface area contributed by atoms with Gasteiger partial charge in [-0.1, -0.05) is 60.9 Å². The van der Waals surface area contributed by atoms with Gasteiger partial charge in [-0.2, -0.15) is 0 Å². The second-order valence-electron chi connectivity index (χ2n) is 16.0. The van der Waals surface area contributed by atoms with Gasteiger partial charge in [0.25, 0.3) is 11.8 Å². The minimum absolute atomic E-state index is 0.0204. The van der Waals surface area contributed by atoms with Crippen molar-refractivity contribution in [3.63, 3.8) is 0 Å². The predicted octanol–water partition coefficient (Wildman–Crippen LogP) is 6.48. The van der Waals surface area contributed by atoms with Gasteiger partial charge in [-0.3, -0.25) is 19.2 Å². The summed E-state index contributed by atoms with van der Waals surface area (Å²) in [4.78, 5) is 55.2. The lowest BCUT2D eigenvalue weighted by Gasteiger charge is -2.31. The molecule has 3 aliphatic carbocycles. The maximum Gasteiger partial charge on any atom is 0.255 e. The highest BCUT2D eigenvalue weighted by atomic mass is 35.5. The van der Waals surface area contributed by atoms with Crippen LogP contribution in [0.25, 0.3) is 0 Å². The Bertz CT molecular complexity index is 2070. The van der Waals surface area contributed by atoms with Gasteiger partial charge in [-0.05, 0) is 130 Å². The van der Waals surface area contributed by atoms with E-state index in [1.54, 1.807) is 43.3 Å². The van der Waals surface area contributed by atoms with Crippen molar-refractivity contribution in [2.45, 2.75) is 89.5 Å². The maximum atomic E-state index is 13.9. The highest BCUT2D eigenvalue weighted by Crippen LogP contribution is 2.38. The number of nitrogens with one attached hydrogen (secondary N) is 5. The van der Waals surface area contributed by atoms with Gasteiger partial charge in [0.2, 0.25) is 11.8 Å². The van der Waals surface area contributed by atoms with Gasteiger partial charge in [-0.15, -0.1) is 0 Å². The SMILES string of the molecule is CC(O)CNC(=C1CC1)C(N)Cc1ccc(NC(=O)c2cc(NC(=O)C(NC(=O)C(C3C=CC=CC3)C3CCCC3)C(C)O)cc(C(=O)Nc3ccc(Cl)cc3)c2)cc1. The van der Waals surface area contributed by atoms with E-state index in [0.717, 1.165) is 49.8 Å². The molecule has 13 heteroatoms. The first kappa shape index (κ1) is 43.3. The first-order valence-electron chi connectivity index (χ1n) is 20.5. The molecule has 0 heterocycles. The Balaban J connectivity index is 1.19. The molecular formula is C46H55ClN6O6. The minimum Gasteiger partial charge on any atom is -0.392 e. The summed E-state index contributed by atoms with van der Waals surface area (Å²) < 4.78 is 0. The molecule has 3 aromatic carbocycles. The number of aliphatic hydroxyl groups is 2. The summed E-state index contributed by atoms with van der Waals surface area (Å²) in [7, 11) is 0. The molecule has 6 atom stereocenters. The van der Waals surface area contributed by atoms with E-state index < -0.39 is 36.0 Å². The van der Waals surface area contributed by atoms with Gasteiger partial charge in [0.05, 0.1) is 12.2 Å². The van der Waals surface area contributed by atoms with Gasteiger partial charge >= 0.3 is 0 Å². The van der Waals surface area contributed by atoms with E-state index in [2.05, 4.69) is 26.6 Å². The second kappa shape index (κ2) is 20.1. The van der Waals surface area contributed by atoms with E-state index in [4.69, 9.17) is 17.3 Å². The largest absolute Gasteiger partial charge is 0.392 e. The van der Waals surface area contributed by atoms with E-state index >= 15 is 0 Å². The van der Waals surface area contributed by atoms with Crippen LogP contribution in [0.4, 0.5) is 17.1 Å². The Labute approximate surface area is 350 Å². The fourth-order valence-electron chi connectivity index (χ4n) is 7.90. The van der Waals surface area contributed by atoms with Crippen LogP contribution >= 0.6 is 11.6 Å². The van der Waals surface area contributed by atoms with Gasteiger partial charge in [0.15, 0.2) is 0 Å². The Morgan fingerprint density at radius 1 is 0.797 bits per heavy atom. The molecule has 4 amide bonds. The number of rotatable bonds is 17. The third kappa shape index (κ3) is 12.1. The van der Waals surface area contributed by atoms with E-state index in [9.17, 15) is 29.4 Å². The van der Waals surface area contributed by atoms with Crippen LogP contribution in [-0.4, -0.2) is 64.7 Å². The molecule has 59 heavy (non-hydrogen) atoms. The van der Waals surface area contributed by atoms with Crippen molar-refractivity contribution in [2.75, 3.05) is 22.5 Å². The number of nitrogens with two attached hydrogens (primary N) is 1. The number of carbonyl (C=O) groups is 4. The summed E-state index contributed by atoms with van der Waals surface area (Å²) in [6.07, 6.45) is 13.4. The number of hydrogen-bond acceptors (Lipinski definition) is 8. The number of carbonyl (C=O) groups excluding carboxylic acids is 4. The highest BCUT2D eigenvalue weighted by molar-refractivity contribution is 6.30. The van der Waals surface area contributed by atoms with Crippen molar-refractivity contribution in [1.29, 1.82) is 0 Å². The van der Waals surface area contributed by atoms with E-state index in [-0.39, 0.29) is 46.5 Å². The van der Waals surface area contributed by atoms with E-state index in [1.807, 2.05) is 36.4 Å². The lowest BCUT2D eigenvalue weighted by molar-refractivity contribution is -0.133. The van der Waals surface area contributed by atoms with E-state index in [0.29, 0.717) is 35.8 Å². The first-order chi connectivity index (χ1) is 28.3. The van der Waals surface area contributed by atoms with Crippen LogP contribution in [0.5, 0.6) is 0 Å². The van der Waals surface area contributed by atoms with Crippen LogP contribution in [0.15, 0.2) is 102 Å². The molecule has 2 saturated carbocycles. The zero-order valence-corrected chi connectivity index (χ0v) is 34.3. The quantitative estimate of drug-likeness (QED) is 0.0758. The van der Waals surface area contributed by atoms with Crippen molar-refractivity contribution >= 4 is 52.3 Å². The summed E-state index contributed by atoms with van der Waals surface area (Å²) in [5, 5.41) is 35.6. The monoisotopic (exact) mass is 822 g/mol. The number of hydrogen-bond donors (Lipinski definition) is 8. The molecule has 0 aromatic heterocycles. The van der Waals surface area contributed by atoms with E-state index in [1.165, 1.54) is 30.7 Å². The van der Waals surface area contributed by atoms with Gasteiger partial charge < -0.3 is 42.5 Å². The fraction of sp³-hybridized carbons (Fsp3) is 0.391. The van der Waals surface area contributed by atoms with Crippen LogP contribution in [0, 0.1) is 17.8 Å². The van der Waals surface area contributed by atoms with Crippen LogP contribution in [-0.2, 0) is 16.0 Å². The normalized spacial score (nSPS) is 18.5. The summed E-state index contributed by atoms with van der Waals surface area (Å²) in [6.45, 7) is 3.57. The zero-order valence-electron chi connectivity index (χ0n) is 33.5. The smallest absolute Gasteiger partial charge is 0.255 e. The average molecular weight is 823 g/mol. The molecule has 0 aliphatic heterocycles. The standard InChI is InChI=1S/C46H55ClN6O6/c1-27(54)26-49-42(32-14-15-32)39(48)22-29-12-18-36(19-13-29)50-43(56)33-23-34(44(57)51-37-20-16-35(47)17-21-37)25-38(24-33)52-46(59)41(28(2)55)53-45(58)40(31-10-6-7-11-31)30-8-4-3-5-9-30/h3-5,8,12-13,16-21,23-25,27-28,30-31,39-41,49,54-55H,6-7,9-11,14-15,22,26,48H2,1-2H3,(H,50,56)(H,51,57)(H,52,59)(H,53,58).